The largest absolute Gasteiger partial charge is 0.491 e. The summed E-state index contributed by atoms with van der Waals surface area (Å²) in [6, 6.07) is 5.77. The van der Waals surface area contributed by atoms with Crippen LogP contribution < -0.4 is 10.5 Å². The van der Waals surface area contributed by atoms with Crippen LogP contribution in [0.2, 0.25) is 5.02 Å². The van der Waals surface area contributed by atoms with Gasteiger partial charge in [-0.15, -0.1) is 0 Å². The molecule has 0 radical (unpaired) electrons. The van der Waals surface area contributed by atoms with Crippen LogP contribution in [0.1, 0.15) is 25.3 Å². The molecule has 2 rings (SSSR count). The highest BCUT2D eigenvalue weighted by atomic mass is 35.5. The fraction of sp³-hybridized carbons (Fsp3) is 0.571. The second kappa shape index (κ2) is 6.41. The topological polar surface area (TPSA) is 44.5 Å². The van der Waals surface area contributed by atoms with Gasteiger partial charge in [-0.05, 0) is 49.9 Å². The van der Waals surface area contributed by atoms with Crippen molar-refractivity contribution in [3.8, 4) is 5.75 Å². The molecule has 0 spiro atoms. The molecule has 18 heavy (non-hydrogen) atoms. The number of halogens is 1. The van der Waals surface area contributed by atoms with Crippen LogP contribution in [0.15, 0.2) is 18.2 Å². The maximum atomic E-state index is 6.01. The van der Waals surface area contributed by atoms with Gasteiger partial charge in [0.05, 0.1) is 6.10 Å². The molecule has 1 fully saturated rings. The summed E-state index contributed by atoms with van der Waals surface area (Å²) in [6.07, 6.45) is 3.20. The number of ether oxygens (including phenoxy) is 2. The highest BCUT2D eigenvalue weighted by Crippen LogP contribution is 2.25. The fourth-order valence-corrected chi connectivity index (χ4v) is 2.35. The summed E-state index contributed by atoms with van der Waals surface area (Å²) >= 11 is 6.01. The van der Waals surface area contributed by atoms with Crippen LogP contribution in [-0.2, 0) is 11.2 Å². The van der Waals surface area contributed by atoms with Crippen molar-refractivity contribution in [2.24, 2.45) is 5.73 Å². The lowest BCUT2D eigenvalue weighted by Crippen LogP contribution is -2.20. The van der Waals surface area contributed by atoms with E-state index in [1.165, 1.54) is 0 Å². The molecule has 1 aliphatic heterocycles. The summed E-state index contributed by atoms with van der Waals surface area (Å²) in [5.41, 5.74) is 6.90. The van der Waals surface area contributed by atoms with Gasteiger partial charge in [0.2, 0.25) is 0 Å². The molecule has 0 saturated carbocycles. The molecule has 1 aliphatic rings. The minimum atomic E-state index is 0.0912. The molecule has 2 atom stereocenters. The number of nitrogens with two attached hydrogens (primary N) is 1. The van der Waals surface area contributed by atoms with Crippen LogP contribution in [0.25, 0.3) is 0 Å². The molecule has 0 aliphatic carbocycles. The second-order valence-electron chi connectivity index (χ2n) is 4.88. The van der Waals surface area contributed by atoms with Crippen LogP contribution in [0.5, 0.6) is 5.75 Å². The average molecular weight is 270 g/mol. The van der Waals surface area contributed by atoms with E-state index in [9.17, 15) is 0 Å². The van der Waals surface area contributed by atoms with Gasteiger partial charge in [0.15, 0.2) is 0 Å². The summed E-state index contributed by atoms with van der Waals surface area (Å²) < 4.78 is 11.4. The van der Waals surface area contributed by atoms with E-state index in [0.717, 1.165) is 42.2 Å². The van der Waals surface area contributed by atoms with Gasteiger partial charge in [0.25, 0.3) is 0 Å². The van der Waals surface area contributed by atoms with Gasteiger partial charge in [0, 0.05) is 17.7 Å². The Kier molecular flexibility index (Phi) is 4.87. The molecule has 1 aromatic rings. The maximum absolute atomic E-state index is 6.01. The van der Waals surface area contributed by atoms with Gasteiger partial charge >= 0.3 is 0 Å². The van der Waals surface area contributed by atoms with Crippen molar-refractivity contribution in [2.75, 3.05) is 13.2 Å². The van der Waals surface area contributed by atoms with E-state index in [1.54, 1.807) is 0 Å². The molecule has 1 heterocycles. The van der Waals surface area contributed by atoms with E-state index < -0.39 is 0 Å². The molecule has 1 saturated heterocycles. The first kappa shape index (κ1) is 13.7. The zero-order chi connectivity index (χ0) is 13.0. The van der Waals surface area contributed by atoms with Crippen LogP contribution in [0, 0.1) is 0 Å². The summed E-state index contributed by atoms with van der Waals surface area (Å²) in [5, 5.41) is 0.718. The Labute approximate surface area is 113 Å². The monoisotopic (exact) mass is 269 g/mol. The maximum Gasteiger partial charge on any atom is 0.122 e. The molecule has 1 aromatic carbocycles. The molecular weight excluding hydrogens is 250 g/mol. The Hall–Kier alpha value is -0.770. The standard InChI is InChI=1S/C14H20ClNO2/c1-10(16)7-11-8-12(15)4-5-14(11)18-9-13-3-2-6-17-13/h4-5,8,10,13H,2-3,6-7,9,16H2,1H3. The predicted octanol–water partition coefficient (Wildman–Crippen LogP) is 2.79. The highest BCUT2D eigenvalue weighted by Gasteiger charge is 2.17. The average Bonchev–Trinajstić information content (AvgIpc) is 2.80. The van der Waals surface area contributed by atoms with Crippen molar-refractivity contribution < 1.29 is 9.47 Å². The summed E-state index contributed by atoms with van der Waals surface area (Å²) in [7, 11) is 0. The Morgan fingerprint density at radius 2 is 2.39 bits per heavy atom. The predicted molar refractivity (Wildman–Crippen MR) is 73.3 cm³/mol. The number of benzene rings is 1. The SMILES string of the molecule is CC(N)Cc1cc(Cl)ccc1OCC1CCCO1. The minimum absolute atomic E-state index is 0.0912. The number of rotatable bonds is 5. The Bertz CT molecular complexity index is 389. The van der Waals surface area contributed by atoms with Gasteiger partial charge in [-0.1, -0.05) is 11.6 Å². The minimum Gasteiger partial charge on any atom is -0.491 e. The van der Waals surface area contributed by atoms with Crippen molar-refractivity contribution in [1.82, 2.24) is 0 Å². The first-order valence-corrected chi connectivity index (χ1v) is 6.81. The third-order valence-electron chi connectivity index (χ3n) is 3.01. The highest BCUT2D eigenvalue weighted by molar-refractivity contribution is 6.30. The lowest BCUT2D eigenvalue weighted by molar-refractivity contribution is 0.0676. The molecule has 0 amide bonds. The van der Waals surface area contributed by atoms with Crippen molar-refractivity contribution >= 4 is 11.6 Å². The molecule has 0 aromatic heterocycles. The molecule has 0 bridgehead atoms. The third kappa shape index (κ3) is 3.87. The molecule has 3 nitrogen and oxygen atoms in total. The summed E-state index contributed by atoms with van der Waals surface area (Å²) in [4.78, 5) is 0. The first-order valence-electron chi connectivity index (χ1n) is 6.43. The summed E-state index contributed by atoms with van der Waals surface area (Å²) in [5.74, 6) is 0.868. The van der Waals surface area contributed by atoms with Crippen molar-refractivity contribution in [1.29, 1.82) is 0 Å². The summed E-state index contributed by atoms with van der Waals surface area (Å²) in [6.45, 7) is 3.43. The molecule has 4 heteroatoms. The fourth-order valence-electron chi connectivity index (χ4n) is 2.15. The van der Waals surface area contributed by atoms with Crippen molar-refractivity contribution in [2.45, 2.75) is 38.3 Å². The Morgan fingerprint density at radius 3 is 3.06 bits per heavy atom. The van der Waals surface area contributed by atoms with Gasteiger partial charge < -0.3 is 15.2 Å². The normalized spacial score (nSPS) is 20.9. The lowest BCUT2D eigenvalue weighted by Gasteiger charge is -2.16. The van der Waals surface area contributed by atoms with Crippen molar-refractivity contribution in [3.05, 3.63) is 28.8 Å². The van der Waals surface area contributed by atoms with Gasteiger partial charge in [-0.25, -0.2) is 0 Å². The second-order valence-corrected chi connectivity index (χ2v) is 5.32. The first-order chi connectivity index (χ1) is 8.65. The third-order valence-corrected chi connectivity index (χ3v) is 3.25. The number of hydrogen-bond acceptors (Lipinski definition) is 3. The zero-order valence-electron chi connectivity index (χ0n) is 10.7. The Balaban J connectivity index is 2.00. The van der Waals surface area contributed by atoms with Crippen LogP contribution in [-0.4, -0.2) is 25.4 Å². The van der Waals surface area contributed by atoms with Crippen molar-refractivity contribution in [3.63, 3.8) is 0 Å². The van der Waals surface area contributed by atoms with Gasteiger partial charge in [-0.2, -0.15) is 0 Å². The van der Waals surface area contributed by atoms with Crippen LogP contribution >= 0.6 is 11.6 Å². The van der Waals surface area contributed by atoms with Crippen LogP contribution in [0.4, 0.5) is 0 Å². The molecule has 100 valence electrons. The van der Waals surface area contributed by atoms with E-state index >= 15 is 0 Å². The quantitative estimate of drug-likeness (QED) is 0.894. The van der Waals surface area contributed by atoms with E-state index in [1.807, 2.05) is 25.1 Å². The van der Waals surface area contributed by atoms with Gasteiger partial charge in [0.1, 0.15) is 12.4 Å². The molecular formula is C14H20ClNO2. The lowest BCUT2D eigenvalue weighted by atomic mass is 10.1. The Morgan fingerprint density at radius 1 is 1.56 bits per heavy atom. The smallest absolute Gasteiger partial charge is 0.122 e. The van der Waals surface area contributed by atoms with E-state index in [0.29, 0.717) is 6.61 Å². The van der Waals surface area contributed by atoms with E-state index in [-0.39, 0.29) is 12.1 Å². The molecule has 2 unspecified atom stereocenters. The van der Waals surface area contributed by atoms with E-state index in [4.69, 9.17) is 26.8 Å². The zero-order valence-corrected chi connectivity index (χ0v) is 11.5. The van der Waals surface area contributed by atoms with E-state index in [2.05, 4.69) is 0 Å². The van der Waals surface area contributed by atoms with Crippen LogP contribution in [0.3, 0.4) is 0 Å². The van der Waals surface area contributed by atoms with Gasteiger partial charge in [-0.3, -0.25) is 0 Å². The molecule has 2 N–H and O–H groups in total. The number of hydrogen-bond donors (Lipinski definition) is 1.